The number of carbonyl (C=O) groups is 1. The number of rotatable bonds is 7. The van der Waals surface area contributed by atoms with Crippen molar-refractivity contribution in [2.45, 2.75) is 12.8 Å². The lowest BCUT2D eigenvalue weighted by Gasteiger charge is -2.15. The fourth-order valence-electron chi connectivity index (χ4n) is 2.17. The van der Waals surface area contributed by atoms with Crippen LogP contribution >= 0.6 is 0 Å². The van der Waals surface area contributed by atoms with E-state index in [1.54, 1.807) is 0 Å². The number of allylic oxidation sites excluding steroid dienone is 3. The van der Waals surface area contributed by atoms with E-state index in [-0.39, 0.29) is 30.3 Å². The summed E-state index contributed by atoms with van der Waals surface area (Å²) in [6, 6.07) is 4.92. The van der Waals surface area contributed by atoms with Gasteiger partial charge in [-0.05, 0) is 25.0 Å². The molecule has 0 saturated carbocycles. The zero-order valence-electron chi connectivity index (χ0n) is 13.5. The summed E-state index contributed by atoms with van der Waals surface area (Å²) in [5.74, 6) is 0.0970. The van der Waals surface area contributed by atoms with E-state index in [1.807, 2.05) is 0 Å². The zero-order valence-corrected chi connectivity index (χ0v) is 13.5. The molecule has 1 aliphatic rings. The first-order chi connectivity index (χ1) is 12.4. The first-order valence-electron chi connectivity index (χ1n) is 7.53. The van der Waals surface area contributed by atoms with Gasteiger partial charge in [0.05, 0.1) is 15.5 Å². The van der Waals surface area contributed by atoms with Gasteiger partial charge in [-0.3, -0.25) is 20.2 Å². The standard InChI is InChI=1S/C15H16N4O7/c16-10-1-6-13(14(9-10)19(23)24)17-7-8-25-15(20)26-12-4-2-11(3-5-12)18(21)22/h2-5,9,17H,1,6-8,16H2. The number of carbonyl (C=O) groups excluding carboxylic acids is 1. The maximum absolute atomic E-state index is 11.5. The van der Waals surface area contributed by atoms with Gasteiger partial charge in [0.15, 0.2) is 0 Å². The molecule has 0 amide bonds. The maximum atomic E-state index is 11.5. The predicted octanol–water partition coefficient (Wildman–Crippen LogP) is 1.82. The van der Waals surface area contributed by atoms with Crippen molar-refractivity contribution in [2.24, 2.45) is 5.73 Å². The van der Waals surface area contributed by atoms with E-state index in [2.05, 4.69) is 5.32 Å². The molecule has 0 saturated heterocycles. The van der Waals surface area contributed by atoms with E-state index in [0.29, 0.717) is 24.2 Å². The smallest absolute Gasteiger partial charge is 0.432 e. The summed E-state index contributed by atoms with van der Waals surface area (Å²) >= 11 is 0. The Labute approximate surface area is 147 Å². The highest BCUT2D eigenvalue weighted by molar-refractivity contribution is 5.64. The van der Waals surface area contributed by atoms with Gasteiger partial charge in [-0.1, -0.05) is 0 Å². The Hall–Kier alpha value is -3.63. The number of hydrogen-bond acceptors (Lipinski definition) is 9. The summed E-state index contributed by atoms with van der Waals surface area (Å²) in [4.78, 5) is 32.0. The highest BCUT2D eigenvalue weighted by Crippen LogP contribution is 2.20. The lowest BCUT2D eigenvalue weighted by Crippen LogP contribution is -2.26. The molecule has 0 radical (unpaired) electrons. The number of ether oxygens (including phenoxy) is 2. The number of benzene rings is 1. The number of nitro groups is 2. The molecular weight excluding hydrogens is 348 g/mol. The van der Waals surface area contributed by atoms with Crippen LogP contribution in [-0.2, 0) is 4.74 Å². The van der Waals surface area contributed by atoms with Crippen molar-refractivity contribution in [2.75, 3.05) is 13.2 Å². The molecule has 1 aromatic rings. The summed E-state index contributed by atoms with van der Waals surface area (Å²) in [6.07, 6.45) is 1.21. The molecule has 0 atom stereocenters. The fourth-order valence-corrected chi connectivity index (χ4v) is 2.17. The normalized spacial score (nSPS) is 13.6. The average molecular weight is 364 g/mol. The van der Waals surface area contributed by atoms with Gasteiger partial charge in [0.1, 0.15) is 12.4 Å². The van der Waals surface area contributed by atoms with Crippen LogP contribution in [0, 0.1) is 20.2 Å². The molecule has 0 heterocycles. The van der Waals surface area contributed by atoms with Crippen LogP contribution in [0.1, 0.15) is 12.8 Å². The van der Waals surface area contributed by atoms with E-state index >= 15 is 0 Å². The summed E-state index contributed by atoms with van der Waals surface area (Å²) in [5.41, 5.74) is 6.20. The molecule has 2 rings (SSSR count). The molecule has 1 aromatic carbocycles. The van der Waals surface area contributed by atoms with Crippen LogP contribution in [0.4, 0.5) is 10.5 Å². The van der Waals surface area contributed by atoms with Crippen molar-refractivity contribution >= 4 is 11.8 Å². The molecule has 0 fully saturated rings. The molecular formula is C15H16N4O7. The van der Waals surface area contributed by atoms with Gasteiger partial charge in [-0.15, -0.1) is 0 Å². The van der Waals surface area contributed by atoms with Gasteiger partial charge in [0.2, 0.25) is 0 Å². The highest BCUT2D eigenvalue weighted by atomic mass is 16.7. The van der Waals surface area contributed by atoms with E-state index in [1.165, 1.54) is 30.3 Å². The minimum Gasteiger partial charge on any atom is -0.432 e. The molecule has 0 bridgehead atoms. The highest BCUT2D eigenvalue weighted by Gasteiger charge is 2.21. The fraction of sp³-hybridized carbons (Fsp3) is 0.267. The molecule has 1 aliphatic carbocycles. The van der Waals surface area contributed by atoms with Crippen molar-refractivity contribution in [3.05, 3.63) is 67.7 Å². The van der Waals surface area contributed by atoms with Gasteiger partial charge in [0.25, 0.3) is 11.4 Å². The summed E-state index contributed by atoms with van der Waals surface area (Å²) in [5, 5.41) is 24.4. The second kappa shape index (κ2) is 8.46. The molecule has 0 aromatic heterocycles. The van der Waals surface area contributed by atoms with Crippen LogP contribution in [0.25, 0.3) is 0 Å². The Kier molecular flexibility index (Phi) is 6.09. The van der Waals surface area contributed by atoms with Gasteiger partial charge in [0, 0.05) is 30.5 Å². The van der Waals surface area contributed by atoms with Gasteiger partial charge in [-0.2, -0.15) is 0 Å². The number of hydrogen-bond donors (Lipinski definition) is 2. The molecule has 0 spiro atoms. The first kappa shape index (κ1) is 18.7. The van der Waals surface area contributed by atoms with E-state index in [4.69, 9.17) is 15.2 Å². The molecule has 0 aliphatic heterocycles. The van der Waals surface area contributed by atoms with Crippen LogP contribution in [0.3, 0.4) is 0 Å². The predicted molar refractivity (Wildman–Crippen MR) is 88.6 cm³/mol. The molecule has 138 valence electrons. The Morgan fingerprint density at radius 2 is 1.85 bits per heavy atom. The molecule has 0 unspecified atom stereocenters. The summed E-state index contributed by atoms with van der Waals surface area (Å²) < 4.78 is 9.70. The van der Waals surface area contributed by atoms with Crippen molar-refractivity contribution in [1.82, 2.24) is 5.32 Å². The monoisotopic (exact) mass is 364 g/mol. The van der Waals surface area contributed by atoms with E-state index in [0.717, 1.165) is 0 Å². The third-order valence-corrected chi connectivity index (χ3v) is 3.40. The molecule has 26 heavy (non-hydrogen) atoms. The second-order valence-corrected chi connectivity index (χ2v) is 5.22. The maximum Gasteiger partial charge on any atom is 0.513 e. The third kappa shape index (κ3) is 5.19. The van der Waals surface area contributed by atoms with Crippen LogP contribution in [0.2, 0.25) is 0 Å². The van der Waals surface area contributed by atoms with Gasteiger partial charge in [-0.25, -0.2) is 4.79 Å². The molecule has 11 heteroatoms. The number of nitro benzene ring substituents is 1. The van der Waals surface area contributed by atoms with Crippen LogP contribution in [-0.4, -0.2) is 29.2 Å². The quantitative estimate of drug-likeness (QED) is 0.242. The number of nitrogens with two attached hydrogens (primary N) is 1. The average Bonchev–Trinajstić information content (AvgIpc) is 2.60. The minimum atomic E-state index is -0.989. The Bertz CT molecular complexity index is 771. The number of non-ortho nitro benzene ring substituents is 1. The van der Waals surface area contributed by atoms with Crippen LogP contribution < -0.4 is 15.8 Å². The summed E-state index contributed by atoms with van der Waals surface area (Å²) in [6.45, 7) is 0.0648. The second-order valence-electron chi connectivity index (χ2n) is 5.22. The topological polar surface area (TPSA) is 160 Å². The Morgan fingerprint density at radius 3 is 2.46 bits per heavy atom. The largest absolute Gasteiger partial charge is 0.513 e. The minimum absolute atomic E-state index is 0.0838. The molecule has 3 N–H and O–H groups in total. The van der Waals surface area contributed by atoms with Crippen molar-refractivity contribution in [3.63, 3.8) is 0 Å². The van der Waals surface area contributed by atoms with Gasteiger partial charge < -0.3 is 20.5 Å². The van der Waals surface area contributed by atoms with Crippen LogP contribution in [0.5, 0.6) is 5.75 Å². The van der Waals surface area contributed by atoms with Crippen molar-refractivity contribution in [1.29, 1.82) is 0 Å². The number of nitrogens with one attached hydrogen (secondary N) is 1. The zero-order chi connectivity index (χ0) is 19.1. The SMILES string of the molecule is NC1=CC([N+](=O)[O-])=C(NCCOC(=O)Oc2ccc([N+](=O)[O-])cc2)CC1. The Balaban J connectivity index is 1.78. The first-order valence-corrected chi connectivity index (χ1v) is 7.53. The van der Waals surface area contributed by atoms with Crippen molar-refractivity contribution < 1.29 is 24.1 Å². The van der Waals surface area contributed by atoms with Gasteiger partial charge >= 0.3 is 6.16 Å². The molecule has 11 nitrogen and oxygen atoms in total. The third-order valence-electron chi connectivity index (χ3n) is 3.40. The number of nitrogens with zero attached hydrogens (tertiary/aromatic N) is 2. The van der Waals surface area contributed by atoms with E-state index < -0.39 is 16.0 Å². The van der Waals surface area contributed by atoms with E-state index in [9.17, 15) is 25.0 Å². The Morgan fingerprint density at radius 1 is 1.15 bits per heavy atom. The summed E-state index contributed by atoms with van der Waals surface area (Å²) in [7, 11) is 0. The van der Waals surface area contributed by atoms with Crippen LogP contribution in [0.15, 0.2) is 47.4 Å². The lowest BCUT2D eigenvalue weighted by molar-refractivity contribution is -0.421. The lowest BCUT2D eigenvalue weighted by atomic mass is 10.1. The van der Waals surface area contributed by atoms with Crippen molar-refractivity contribution in [3.8, 4) is 5.75 Å².